The van der Waals surface area contributed by atoms with Gasteiger partial charge >= 0.3 is 11.9 Å². The van der Waals surface area contributed by atoms with Crippen molar-refractivity contribution < 1.29 is 19.8 Å². The fourth-order valence-corrected chi connectivity index (χ4v) is 1.21. The minimum atomic E-state index is -1.08. The molecule has 2 atom stereocenters. The van der Waals surface area contributed by atoms with Gasteiger partial charge in [-0.05, 0) is 19.8 Å². The van der Waals surface area contributed by atoms with Gasteiger partial charge in [-0.15, -0.1) is 0 Å². The summed E-state index contributed by atoms with van der Waals surface area (Å²) in [6.07, 6.45) is 0.861. The van der Waals surface area contributed by atoms with Crippen molar-refractivity contribution in [1.82, 2.24) is 10.6 Å². The Morgan fingerprint density at radius 3 is 2.35 bits per heavy atom. The van der Waals surface area contributed by atoms with Gasteiger partial charge in [0.25, 0.3) is 0 Å². The van der Waals surface area contributed by atoms with Gasteiger partial charge in [0.15, 0.2) is 0 Å². The Hall–Kier alpha value is -1.76. The molecule has 0 aromatic carbocycles. The van der Waals surface area contributed by atoms with Gasteiger partial charge in [-0.1, -0.05) is 6.58 Å². The van der Waals surface area contributed by atoms with E-state index >= 15 is 0 Å². The molecule has 7 nitrogen and oxygen atoms in total. The highest BCUT2D eigenvalue weighted by molar-refractivity contribution is 5.77. The van der Waals surface area contributed by atoms with E-state index in [-0.39, 0.29) is 0 Å². The summed E-state index contributed by atoms with van der Waals surface area (Å²) in [6.45, 7) is 5.34. The first-order valence-electron chi connectivity index (χ1n) is 5.24. The van der Waals surface area contributed by atoms with E-state index in [1.54, 1.807) is 0 Å². The first-order valence-corrected chi connectivity index (χ1v) is 5.24. The first-order chi connectivity index (χ1) is 7.84. The summed E-state index contributed by atoms with van der Waals surface area (Å²) in [7, 11) is 0. The molecule has 0 saturated heterocycles. The molecule has 0 rings (SSSR count). The summed E-state index contributed by atoms with van der Waals surface area (Å²) < 4.78 is 0. The standard InChI is InChI=1S/C10H19N3O4/c1-6(9(14)15)13-8(10(16)17)4-3-5-12-7(2)11/h6,8,12-13H,2-5,11H2,1H3,(H,14,15)(H,16,17)/t6-,8+/m1/s1. The molecule has 0 aliphatic carbocycles. The van der Waals surface area contributed by atoms with E-state index in [0.717, 1.165) is 0 Å². The average Bonchev–Trinajstić information content (AvgIpc) is 2.21. The Kier molecular flexibility index (Phi) is 6.73. The van der Waals surface area contributed by atoms with Crippen LogP contribution in [-0.4, -0.2) is 40.8 Å². The Morgan fingerprint density at radius 2 is 1.94 bits per heavy atom. The molecule has 0 unspecified atom stereocenters. The minimum Gasteiger partial charge on any atom is -0.480 e. The summed E-state index contributed by atoms with van der Waals surface area (Å²) in [5.41, 5.74) is 5.27. The Morgan fingerprint density at radius 1 is 1.35 bits per heavy atom. The third-order valence-electron chi connectivity index (χ3n) is 2.14. The van der Waals surface area contributed by atoms with Crippen molar-refractivity contribution in [3.63, 3.8) is 0 Å². The quantitative estimate of drug-likeness (QED) is 0.340. The molecule has 0 aliphatic rings. The molecule has 0 aromatic rings. The maximum absolute atomic E-state index is 10.9. The number of hydrogen-bond acceptors (Lipinski definition) is 5. The molecule has 0 aliphatic heterocycles. The normalized spacial score (nSPS) is 13.7. The van der Waals surface area contributed by atoms with E-state index in [0.29, 0.717) is 25.2 Å². The van der Waals surface area contributed by atoms with E-state index in [9.17, 15) is 9.59 Å². The van der Waals surface area contributed by atoms with E-state index in [4.69, 9.17) is 15.9 Å². The molecular formula is C10H19N3O4. The highest BCUT2D eigenvalue weighted by Crippen LogP contribution is 1.99. The fraction of sp³-hybridized carbons (Fsp3) is 0.600. The molecular weight excluding hydrogens is 226 g/mol. The van der Waals surface area contributed by atoms with Crippen LogP contribution in [0.5, 0.6) is 0 Å². The van der Waals surface area contributed by atoms with Crippen molar-refractivity contribution in [1.29, 1.82) is 0 Å². The van der Waals surface area contributed by atoms with Crippen LogP contribution >= 0.6 is 0 Å². The van der Waals surface area contributed by atoms with Crippen LogP contribution in [0.4, 0.5) is 0 Å². The monoisotopic (exact) mass is 245 g/mol. The summed E-state index contributed by atoms with van der Waals surface area (Å²) in [6, 6.07) is -1.78. The van der Waals surface area contributed by atoms with Gasteiger partial charge in [-0.2, -0.15) is 0 Å². The van der Waals surface area contributed by atoms with Crippen LogP contribution in [0.1, 0.15) is 19.8 Å². The van der Waals surface area contributed by atoms with Crippen molar-refractivity contribution in [2.24, 2.45) is 5.73 Å². The molecule has 0 spiro atoms. The zero-order valence-electron chi connectivity index (χ0n) is 9.77. The Bertz CT molecular complexity index is 293. The van der Waals surface area contributed by atoms with Crippen molar-refractivity contribution >= 4 is 11.9 Å². The molecule has 98 valence electrons. The maximum Gasteiger partial charge on any atom is 0.320 e. The van der Waals surface area contributed by atoms with Gasteiger partial charge in [0.2, 0.25) is 0 Å². The maximum atomic E-state index is 10.9. The van der Waals surface area contributed by atoms with Crippen molar-refractivity contribution in [2.75, 3.05) is 6.54 Å². The molecule has 7 heteroatoms. The van der Waals surface area contributed by atoms with Gasteiger partial charge in [-0.3, -0.25) is 14.9 Å². The molecule has 17 heavy (non-hydrogen) atoms. The number of aliphatic carboxylic acids is 2. The van der Waals surface area contributed by atoms with Gasteiger partial charge < -0.3 is 21.3 Å². The van der Waals surface area contributed by atoms with Crippen LogP contribution in [-0.2, 0) is 9.59 Å². The molecule has 6 N–H and O–H groups in total. The predicted molar refractivity (Wildman–Crippen MR) is 62.2 cm³/mol. The topological polar surface area (TPSA) is 125 Å². The molecule has 0 fully saturated rings. The summed E-state index contributed by atoms with van der Waals surface area (Å²) in [5, 5.41) is 22.8. The zero-order chi connectivity index (χ0) is 13.4. The first kappa shape index (κ1) is 15.2. The van der Waals surface area contributed by atoms with Gasteiger partial charge in [0.1, 0.15) is 12.1 Å². The number of carboxylic acids is 2. The summed E-state index contributed by atoms with van der Waals surface area (Å²) in [5.74, 6) is -1.82. The fourth-order valence-electron chi connectivity index (χ4n) is 1.21. The van der Waals surface area contributed by atoms with E-state index in [1.807, 2.05) is 0 Å². The van der Waals surface area contributed by atoms with Gasteiger partial charge in [0, 0.05) is 6.54 Å². The second-order valence-corrected chi connectivity index (χ2v) is 3.71. The predicted octanol–water partition coefficient (Wildman–Crippen LogP) is -0.698. The third-order valence-corrected chi connectivity index (χ3v) is 2.14. The highest BCUT2D eigenvalue weighted by atomic mass is 16.4. The van der Waals surface area contributed by atoms with Crippen LogP contribution in [0.15, 0.2) is 12.4 Å². The molecule has 0 saturated carbocycles. The second-order valence-electron chi connectivity index (χ2n) is 3.71. The average molecular weight is 245 g/mol. The number of nitrogens with one attached hydrogen (secondary N) is 2. The number of nitrogens with two attached hydrogens (primary N) is 1. The van der Waals surface area contributed by atoms with Crippen molar-refractivity contribution in [3.8, 4) is 0 Å². The minimum absolute atomic E-state index is 0.313. The number of carboxylic acid groups (broad SMARTS) is 2. The van der Waals surface area contributed by atoms with Crippen LogP contribution in [0.2, 0.25) is 0 Å². The largest absolute Gasteiger partial charge is 0.480 e. The van der Waals surface area contributed by atoms with Crippen LogP contribution < -0.4 is 16.4 Å². The van der Waals surface area contributed by atoms with Crippen molar-refractivity contribution in [2.45, 2.75) is 31.8 Å². The molecule has 0 radical (unpaired) electrons. The molecule has 0 aromatic heterocycles. The summed E-state index contributed by atoms with van der Waals surface area (Å²) in [4.78, 5) is 21.4. The SMILES string of the molecule is C=C(N)NCCC[C@H](N[C@H](C)C(=O)O)C(=O)O. The molecule has 0 amide bonds. The Balaban J connectivity index is 4.03. The smallest absolute Gasteiger partial charge is 0.320 e. The lowest BCUT2D eigenvalue weighted by Gasteiger charge is -2.17. The lowest BCUT2D eigenvalue weighted by molar-refractivity contribution is -0.142. The third kappa shape index (κ3) is 7.18. The van der Waals surface area contributed by atoms with E-state index in [1.165, 1.54) is 6.92 Å². The van der Waals surface area contributed by atoms with E-state index < -0.39 is 24.0 Å². The number of carbonyl (C=O) groups is 2. The van der Waals surface area contributed by atoms with E-state index in [2.05, 4.69) is 17.2 Å². The van der Waals surface area contributed by atoms with Gasteiger partial charge in [0.05, 0.1) is 5.82 Å². The highest BCUT2D eigenvalue weighted by Gasteiger charge is 2.22. The van der Waals surface area contributed by atoms with Crippen molar-refractivity contribution in [3.05, 3.63) is 12.4 Å². The zero-order valence-corrected chi connectivity index (χ0v) is 9.77. The lowest BCUT2D eigenvalue weighted by atomic mass is 10.1. The lowest BCUT2D eigenvalue weighted by Crippen LogP contribution is -2.45. The van der Waals surface area contributed by atoms with Crippen LogP contribution in [0, 0.1) is 0 Å². The number of hydrogen-bond donors (Lipinski definition) is 5. The summed E-state index contributed by atoms with van der Waals surface area (Å²) >= 11 is 0. The number of rotatable bonds is 9. The van der Waals surface area contributed by atoms with Gasteiger partial charge in [-0.25, -0.2) is 0 Å². The second kappa shape index (κ2) is 7.50. The molecule has 0 bridgehead atoms. The Labute approximate surface area is 99.7 Å². The molecule has 0 heterocycles. The van der Waals surface area contributed by atoms with Crippen LogP contribution in [0.25, 0.3) is 0 Å². The van der Waals surface area contributed by atoms with Crippen LogP contribution in [0.3, 0.4) is 0 Å².